The average molecular weight is 311 g/mol. The number of carboxylic acid groups (broad SMARTS) is 1. The second-order valence-electron chi connectivity index (χ2n) is 4.88. The lowest BCUT2D eigenvalue weighted by Gasteiger charge is -2.18. The molecule has 0 unspecified atom stereocenters. The van der Waals surface area contributed by atoms with Gasteiger partial charge in [-0.1, -0.05) is 25.5 Å². The Labute approximate surface area is 126 Å². The van der Waals surface area contributed by atoms with E-state index in [-0.39, 0.29) is 4.90 Å². The summed E-state index contributed by atoms with van der Waals surface area (Å²) in [5.41, 5.74) is 1.19. The number of rotatable bonds is 7. The predicted octanol–water partition coefficient (Wildman–Crippen LogP) is 2.51. The lowest BCUT2D eigenvalue weighted by atomic mass is 10.1. The van der Waals surface area contributed by atoms with Gasteiger partial charge in [0.2, 0.25) is 10.0 Å². The van der Waals surface area contributed by atoms with Crippen molar-refractivity contribution in [2.75, 3.05) is 13.6 Å². The summed E-state index contributed by atoms with van der Waals surface area (Å²) < 4.78 is 26.4. The lowest BCUT2D eigenvalue weighted by Crippen LogP contribution is -2.28. The van der Waals surface area contributed by atoms with Gasteiger partial charge in [0.15, 0.2) is 0 Å². The molecule has 1 aromatic rings. The highest BCUT2D eigenvalue weighted by Gasteiger charge is 2.22. The summed E-state index contributed by atoms with van der Waals surface area (Å²) in [5.74, 6) is -1.07. The Kier molecular flexibility index (Phi) is 6.11. The minimum Gasteiger partial charge on any atom is -0.478 e. The van der Waals surface area contributed by atoms with Gasteiger partial charge in [-0.05, 0) is 36.6 Å². The number of carbonyl (C=O) groups is 1. The molecular weight excluding hydrogens is 290 g/mol. The third kappa shape index (κ3) is 4.68. The first kappa shape index (κ1) is 17.4. The van der Waals surface area contributed by atoms with E-state index in [9.17, 15) is 13.2 Å². The molecule has 0 radical (unpaired) electrons. The van der Waals surface area contributed by atoms with Crippen LogP contribution in [0.4, 0.5) is 0 Å². The first-order valence-electron chi connectivity index (χ1n) is 6.77. The molecular formula is C15H21NO4S. The summed E-state index contributed by atoms with van der Waals surface area (Å²) in [4.78, 5) is 10.8. The molecule has 0 atom stereocenters. The van der Waals surface area contributed by atoms with Crippen LogP contribution in [0.3, 0.4) is 0 Å². The monoisotopic (exact) mass is 311 g/mol. The molecule has 0 aromatic heterocycles. The number of hydrogen-bond acceptors (Lipinski definition) is 3. The normalized spacial score (nSPS) is 12.2. The van der Waals surface area contributed by atoms with Crippen molar-refractivity contribution in [2.45, 2.75) is 31.6 Å². The van der Waals surface area contributed by atoms with E-state index >= 15 is 0 Å². The van der Waals surface area contributed by atoms with Crippen LogP contribution in [0, 0.1) is 6.92 Å². The molecule has 21 heavy (non-hydrogen) atoms. The molecule has 0 fully saturated rings. The third-order valence-corrected chi connectivity index (χ3v) is 5.14. The van der Waals surface area contributed by atoms with Gasteiger partial charge in [0.25, 0.3) is 0 Å². The third-order valence-electron chi connectivity index (χ3n) is 3.15. The van der Waals surface area contributed by atoms with Crippen molar-refractivity contribution in [3.8, 4) is 0 Å². The lowest BCUT2D eigenvalue weighted by molar-refractivity contribution is -0.131. The second kappa shape index (κ2) is 7.38. The highest BCUT2D eigenvalue weighted by Crippen LogP contribution is 2.21. The number of aryl methyl sites for hydroxylation is 1. The summed E-state index contributed by atoms with van der Waals surface area (Å²) in [7, 11) is -1.99. The van der Waals surface area contributed by atoms with E-state index in [4.69, 9.17) is 5.11 Å². The van der Waals surface area contributed by atoms with Crippen LogP contribution in [-0.4, -0.2) is 37.4 Å². The van der Waals surface area contributed by atoms with Gasteiger partial charge in [-0.15, -0.1) is 0 Å². The Hall–Kier alpha value is -1.66. The summed E-state index contributed by atoms with van der Waals surface area (Å²) in [6, 6.07) is 4.88. The maximum absolute atomic E-state index is 12.5. The number of carboxylic acids is 1. The van der Waals surface area contributed by atoms with Crippen LogP contribution in [0.5, 0.6) is 0 Å². The first-order valence-corrected chi connectivity index (χ1v) is 8.21. The van der Waals surface area contributed by atoms with Gasteiger partial charge < -0.3 is 5.11 Å². The number of aliphatic carboxylic acids is 1. The minimum atomic E-state index is -3.55. The fourth-order valence-corrected chi connectivity index (χ4v) is 3.30. The van der Waals surface area contributed by atoms with Crippen molar-refractivity contribution in [3.63, 3.8) is 0 Å². The number of benzene rings is 1. The van der Waals surface area contributed by atoms with Crippen LogP contribution in [0.1, 0.15) is 30.9 Å². The summed E-state index contributed by atoms with van der Waals surface area (Å²) in [6.45, 7) is 4.20. The van der Waals surface area contributed by atoms with E-state index in [2.05, 4.69) is 0 Å². The van der Waals surface area contributed by atoms with Gasteiger partial charge >= 0.3 is 5.97 Å². The molecule has 0 aliphatic carbocycles. The van der Waals surface area contributed by atoms with Crippen LogP contribution in [0.15, 0.2) is 29.2 Å². The zero-order valence-corrected chi connectivity index (χ0v) is 13.4. The maximum Gasteiger partial charge on any atom is 0.328 e. The fourth-order valence-electron chi connectivity index (χ4n) is 1.83. The van der Waals surface area contributed by atoms with Crippen LogP contribution < -0.4 is 0 Å². The molecule has 0 saturated carbocycles. The Morgan fingerprint density at radius 1 is 1.38 bits per heavy atom. The van der Waals surface area contributed by atoms with Crippen LogP contribution in [0.2, 0.25) is 0 Å². The molecule has 0 aliphatic rings. The summed E-state index contributed by atoms with van der Waals surface area (Å²) in [5, 5.41) is 8.63. The zero-order chi connectivity index (χ0) is 16.0. The van der Waals surface area contributed by atoms with E-state index in [0.717, 1.165) is 18.9 Å². The van der Waals surface area contributed by atoms with Crippen molar-refractivity contribution < 1.29 is 18.3 Å². The molecule has 0 saturated heterocycles. The van der Waals surface area contributed by atoms with Gasteiger partial charge in [-0.2, -0.15) is 0 Å². The highest BCUT2D eigenvalue weighted by atomic mass is 32.2. The molecule has 1 aromatic carbocycles. The largest absolute Gasteiger partial charge is 0.478 e. The van der Waals surface area contributed by atoms with Crippen LogP contribution in [0.25, 0.3) is 6.08 Å². The Balaban J connectivity index is 3.16. The minimum absolute atomic E-state index is 0.216. The Bertz CT molecular complexity index is 635. The molecule has 1 N–H and O–H groups in total. The van der Waals surface area contributed by atoms with E-state index < -0.39 is 16.0 Å². The Morgan fingerprint density at radius 3 is 2.62 bits per heavy atom. The molecule has 0 heterocycles. The zero-order valence-electron chi connectivity index (χ0n) is 12.5. The maximum atomic E-state index is 12.5. The quantitative estimate of drug-likeness (QED) is 0.785. The van der Waals surface area contributed by atoms with E-state index in [1.54, 1.807) is 26.1 Å². The van der Waals surface area contributed by atoms with E-state index in [1.165, 1.54) is 16.4 Å². The fraction of sp³-hybridized carbons (Fsp3) is 0.400. The second-order valence-corrected chi connectivity index (χ2v) is 6.89. The van der Waals surface area contributed by atoms with Crippen molar-refractivity contribution >= 4 is 22.1 Å². The summed E-state index contributed by atoms with van der Waals surface area (Å²) >= 11 is 0. The molecule has 0 spiro atoms. The molecule has 6 heteroatoms. The standard InChI is InChI=1S/C15H21NO4S/c1-4-5-10-16(3)21(19,20)14-11-13(7-6-12(14)2)8-9-15(17)18/h6-9,11H,4-5,10H2,1-3H3,(H,17,18). The molecule has 116 valence electrons. The van der Waals surface area contributed by atoms with Crippen molar-refractivity contribution in [1.82, 2.24) is 4.31 Å². The van der Waals surface area contributed by atoms with Crippen molar-refractivity contribution in [2.24, 2.45) is 0 Å². The molecule has 0 aliphatic heterocycles. The van der Waals surface area contributed by atoms with Crippen molar-refractivity contribution in [3.05, 3.63) is 35.4 Å². The van der Waals surface area contributed by atoms with Crippen molar-refractivity contribution in [1.29, 1.82) is 0 Å². The number of unbranched alkanes of at least 4 members (excludes halogenated alkanes) is 1. The molecule has 0 amide bonds. The van der Waals surface area contributed by atoms with Gasteiger partial charge in [-0.3, -0.25) is 0 Å². The Morgan fingerprint density at radius 2 is 2.05 bits per heavy atom. The number of sulfonamides is 1. The molecule has 1 rings (SSSR count). The number of nitrogens with zero attached hydrogens (tertiary/aromatic N) is 1. The summed E-state index contributed by atoms with van der Waals surface area (Å²) in [6.07, 6.45) is 4.09. The van der Waals surface area contributed by atoms with Crippen LogP contribution in [-0.2, 0) is 14.8 Å². The smallest absolute Gasteiger partial charge is 0.328 e. The number of hydrogen-bond donors (Lipinski definition) is 1. The predicted molar refractivity (Wildman–Crippen MR) is 82.6 cm³/mol. The topological polar surface area (TPSA) is 74.7 Å². The molecule has 5 nitrogen and oxygen atoms in total. The van der Waals surface area contributed by atoms with Gasteiger partial charge in [0.05, 0.1) is 4.90 Å². The van der Waals surface area contributed by atoms with E-state index in [1.807, 2.05) is 6.92 Å². The average Bonchev–Trinajstić information content (AvgIpc) is 2.43. The SMILES string of the molecule is CCCCN(C)S(=O)(=O)c1cc(C=CC(=O)O)ccc1C. The first-order chi connectivity index (χ1) is 9.78. The molecule has 0 bridgehead atoms. The van der Waals surface area contributed by atoms with Gasteiger partial charge in [0.1, 0.15) is 0 Å². The van der Waals surface area contributed by atoms with Crippen LogP contribution >= 0.6 is 0 Å². The van der Waals surface area contributed by atoms with Gasteiger partial charge in [0, 0.05) is 19.7 Å². The highest BCUT2D eigenvalue weighted by molar-refractivity contribution is 7.89. The van der Waals surface area contributed by atoms with E-state index in [0.29, 0.717) is 17.7 Å². The van der Waals surface area contributed by atoms with Gasteiger partial charge in [-0.25, -0.2) is 17.5 Å².